The Bertz CT molecular complexity index is 747. The van der Waals surface area contributed by atoms with Gasteiger partial charge in [0.15, 0.2) is 17.6 Å². The third-order valence-corrected chi connectivity index (χ3v) is 4.00. The first-order chi connectivity index (χ1) is 12.5. The molecule has 1 N–H and O–H groups in total. The number of carbonyl (C=O) groups excluding carboxylic acids is 1. The molecule has 0 radical (unpaired) electrons. The molecule has 2 aromatic rings. The fourth-order valence-electron chi connectivity index (χ4n) is 2.55. The van der Waals surface area contributed by atoms with Crippen LogP contribution in [-0.4, -0.2) is 33.3 Å². The van der Waals surface area contributed by atoms with E-state index in [-0.39, 0.29) is 11.9 Å². The molecule has 2 unspecified atom stereocenters. The number of benzene rings is 2. The highest BCUT2D eigenvalue weighted by atomic mass is 16.5. The second-order valence-electron chi connectivity index (χ2n) is 5.75. The van der Waals surface area contributed by atoms with Crippen LogP contribution in [0.1, 0.15) is 25.5 Å². The number of rotatable bonds is 8. The summed E-state index contributed by atoms with van der Waals surface area (Å²) in [4.78, 5) is 12.5. The molecule has 2 atom stereocenters. The zero-order chi connectivity index (χ0) is 19.1. The lowest BCUT2D eigenvalue weighted by Crippen LogP contribution is -2.37. The van der Waals surface area contributed by atoms with Crippen molar-refractivity contribution in [3.8, 4) is 23.0 Å². The lowest BCUT2D eigenvalue weighted by Gasteiger charge is -2.21. The highest BCUT2D eigenvalue weighted by Gasteiger charge is 2.21. The highest BCUT2D eigenvalue weighted by Crippen LogP contribution is 2.30. The lowest BCUT2D eigenvalue weighted by molar-refractivity contribution is -0.128. The average molecular weight is 359 g/mol. The second kappa shape index (κ2) is 8.99. The van der Waals surface area contributed by atoms with Crippen molar-refractivity contribution in [3.05, 3.63) is 48.0 Å². The molecular formula is C20H25NO5. The molecule has 0 saturated carbocycles. The van der Waals surface area contributed by atoms with Crippen LogP contribution >= 0.6 is 0 Å². The number of para-hydroxylation sites is 2. The van der Waals surface area contributed by atoms with Crippen LogP contribution in [-0.2, 0) is 4.79 Å². The van der Waals surface area contributed by atoms with Gasteiger partial charge in [0, 0.05) is 5.56 Å². The molecule has 0 aliphatic heterocycles. The van der Waals surface area contributed by atoms with Gasteiger partial charge in [0.1, 0.15) is 11.5 Å². The number of hydrogen-bond donors (Lipinski definition) is 1. The van der Waals surface area contributed by atoms with Crippen molar-refractivity contribution in [3.63, 3.8) is 0 Å². The average Bonchev–Trinajstić information content (AvgIpc) is 2.67. The number of ether oxygens (including phenoxy) is 4. The van der Waals surface area contributed by atoms with E-state index in [1.54, 1.807) is 40.4 Å². The van der Waals surface area contributed by atoms with Gasteiger partial charge in [-0.05, 0) is 44.2 Å². The highest BCUT2D eigenvalue weighted by molar-refractivity contribution is 5.81. The second-order valence-corrected chi connectivity index (χ2v) is 5.75. The predicted molar refractivity (Wildman–Crippen MR) is 99.2 cm³/mol. The smallest absolute Gasteiger partial charge is 0.261 e. The largest absolute Gasteiger partial charge is 0.497 e. The summed E-state index contributed by atoms with van der Waals surface area (Å²) >= 11 is 0. The van der Waals surface area contributed by atoms with Crippen molar-refractivity contribution in [2.24, 2.45) is 0 Å². The molecule has 0 bridgehead atoms. The number of hydrogen-bond acceptors (Lipinski definition) is 5. The summed E-state index contributed by atoms with van der Waals surface area (Å²) in [7, 11) is 4.75. The van der Waals surface area contributed by atoms with E-state index in [0.29, 0.717) is 23.0 Å². The molecule has 0 spiro atoms. The maximum Gasteiger partial charge on any atom is 0.261 e. The Hall–Kier alpha value is -2.89. The van der Waals surface area contributed by atoms with E-state index in [4.69, 9.17) is 18.9 Å². The minimum atomic E-state index is -0.689. The maximum atomic E-state index is 12.5. The van der Waals surface area contributed by atoms with Crippen molar-refractivity contribution in [1.82, 2.24) is 5.32 Å². The number of carbonyl (C=O) groups is 1. The molecule has 140 valence electrons. The maximum absolute atomic E-state index is 12.5. The van der Waals surface area contributed by atoms with Crippen LogP contribution in [0.25, 0.3) is 0 Å². The van der Waals surface area contributed by atoms with Gasteiger partial charge in [0.05, 0.1) is 27.4 Å². The van der Waals surface area contributed by atoms with Gasteiger partial charge in [-0.1, -0.05) is 12.1 Å². The van der Waals surface area contributed by atoms with Gasteiger partial charge in [-0.25, -0.2) is 0 Å². The molecule has 2 rings (SSSR count). The van der Waals surface area contributed by atoms with Gasteiger partial charge in [-0.15, -0.1) is 0 Å². The standard InChI is InChI=1S/C20H25NO5/c1-13(16-12-15(23-3)10-11-17(16)24-4)21-20(22)14(2)26-19-9-7-6-8-18(19)25-5/h6-14H,1-5H3,(H,21,22). The van der Waals surface area contributed by atoms with Crippen LogP contribution in [0.4, 0.5) is 0 Å². The SMILES string of the molecule is COc1ccc(OC)c(C(C)NC(=O)C(C)Oc2ccccc2OC)c1. The van der Waals surface area contributed by atoms with E-state index in [1.165, 1.54) is 0 Å². The van der Waals surface area contributed by atoms with Crippen molar-refractivity contribution in [2.75, 3.05) is 21.3 Å². The molecular weight excluding hydrogens is 334 g/mol. The van der Waals surface area contributed by atoms with Crippen molar-refractivity contribution < 1.29 is 23.7 Å². The lowest BCUT2D eigenvalue weighted by atomic mass is 10.1. The Morgan fingerprint density at radius 2 is 1.54 bits per heavy atom. The monoisotopic (exact) mass is 359 g/mol. The fourth-order valence-corrected chi connectivity index (χ4v) is 2.55. The van der Waals surface area contributed by atoms with E-state index < -0.39 is 6.10 Å². The zero-order valence-electron chi connectivity index (χ0n) is 15.7. The molecule has 0 fully saturated rings. The first-order valence-electron chi connectivity index (χ1n) is 8.32. The summed E-state index contributed by atoms with van der Waals surface area (Å²) in [5.41, 5.74) is 0.824. The Kier molecular flexibility index (Phi) is 6.72. The predicted octanol–water partition coefficient (Wildman–Crippen LogP) is 3.36. The fraction of sp³-hybridized carbons (Fsp3) is 0.350. The van der Waals surface area contributed by atoms with Crippen LogP contribution < -0.4 is 24.3 Å². The normalized spacial score (nSPS) is 12.7. The molecule has 0 aliphatic rings. The number of methoxy groups -OCH3 is 3. The summed E-state index contributed by atoms with van der Waals surface area (Å²) in [5, 5.41) is 2.94. The van der Waals surface area contributed by atoms with Gasteiger partial charge in [0.25, 0.3) is 5.91 Å². The molecule has 1 amide bonds. The van der Waals surface area contributed by atoms with Gasteiger partial charge in [0.2, 0.25) is 0 Å². The van der Waals surface area contributed by atoms with Crippen LogP contribution in [0.3, 0.4) is 0 Å². The third kappa shape index (κ3) is 4.59. The number of nitrogens with one attached hydrogen (secondary N) is 1. The Morgan fingerprint density at radius 3 is 2.15 bits per heavy atom. The van der Waals surface area contributed by atoms with Crippen molar-refractivity contribution >= 4 is 5.91 Å². The van der Waals surface area contributed by atoms with E-state index in [0.717, 1.165) is 5.56 Å². The van der Waals surface area contributed by atoms with E-state index >= 15 is 0 Å². The molecule has 26 heavy (non-hydrogen) atoms. The van der Waals surface area contributed by atoms with E-state index in [2.05, 4.69) is 5.32 Å². The molecule has 0 heterocycles. The Morgan fingerprint density at radius 1 is 0.885 bits per heavy atom. The van der Waals surface area contributed by atoms with Crippen molar-refractivity contribution in [2.45, 2.75) is 26.0 Å². The van der Waals surface area contributed by atoms with Crippen LogP contribution in [0.15, 0.2) is 42.5 Å². The van der Waals surface area contributed by atoms with Crippen molar-refractivity contribution in [1.29, 1.82) is 0 Å². The molecule has 0 aliphatic carbocycles. The number of amides is 1. The summed E-state index contributed by atoms with van der Waals surface area (Å²) in [6, 6.07) is 12.4. The summed E-state index contributed by atoms with van der Waals surface area (Å²) in [6.07, 6.45) is -0.689. The van der Waals surface area contributed by atoms with E-state index in [1.807, 2.05) is 37.3 Å². The van der Waals surface area contributed by atoms with Crippen LogP contribution in [0.2, 0.25) is 0 Å². The van der Waals surface area contributed by atoms with Gasteiger partial charge in [-0.2, -0.15) is 0 Å². The minimum Gasteiger partial charge on any atom is -0.497 e. The minimum absolute atomic E-state index is 0.242. The summed E-state index contributed by atoms with van der Waals surface area (Å²) < 4.78 is 21.6. The molecule has 2 aromatic carbocycles. The van der Waals surface area contributed by atoms with Gasteiger partial charge >= 0.3 is 0 Å². The van der Waals surface area contributed by atoms with Gasteiger partial charge in [-0.3, -0.25) is 4.79 Å². The van der Waals surface area contributed by atoms with E-state index in [9.17, 15) is 4.79 Å². The zero-order valence-corrected chi connectivity index (χ0v) is 15.7. The summed E-state index contributed by atoms with van der Waals surface area (Å²) in [5.74, 6) is 2.23. The topological polar surface area (TPSA) is 66.0 Å². The Balaban J connectivity index is 2.09. The van der Waals surface area contributed by atoms with Crippen LogP contribution in [0.5, 0.6) is 23.0 Å². The van der Waals surface area contributed by atoms with Gasteiger partial charge < -0.3 is 24.3 Å². The van der Waals surface area contributed by atoms with Crippen LogP contribution in [0, 0.1) is 0 Å². The quantitative estimate of drug-likeness (QED) is 0.783. The molecule has 6 nitrogen and oxygen atoms in total. The molecule has 6 heteroatoms. The first-order valence-corrected chi connectivity index (χ1v) is 8.32. The molecule has 0 aromatic heterocycles. The Labute approximate surface area is 154 Å². The third-order valence-electron chi connectivity index (χ3n) is 4.00. The first kappa shape index (κ1) is 19.4. The summed E-state index contributed by atoms with van der Waals surface area (Å²) in [6.45, 7) is 3.57. The molecule has 0 saturated heterocycles.